The Bertz CT molecular complexity index is 325. The average Bonchev–Trinajstić information content (AvgIpc) is 2.80. The Labute approximate surface area is 112 Å². The van der Waals surface area contributed by atoms with Crippen molar-refractivity contribution in [3.05, 3.63) is 22.4 Å². The van der Waals surface area contributed by atoms with Crippen LogP contribution in [0.4, 0.5) is 0 Å². The molecule has 5 heteroatoms. The number of hydrogen-bond acceptors (Lipinski definition) is 5. The zero-order chi connectivity index (χ0) is 12.8. The minimum atomic E-state index is -0.438. The van der Waals surface area contributed by atoms with Crippen LogP contribution in [0.2, 0.25) is 0 Å². The Morgan fingerprint density at radius 3 is 3.06 bits per heavy atom. The van der Waals surface area contributed by atoms with Crippen LogP contribution in [0.3, 0.4) is 0 Å². The van der Waals surface area contributed by atoms with Crippen molar-refractivity contribution >= 4 is 11.3 Å². The van der Waals surface area contributed by atoms with Gasteiger partial charge in [-0.2, -0.15) is 0 Å². The molecule has 1 atom stereocenters. The molecule has 1 fully saturated rings. The van der Waals surface area contributed by atoms with Crippen LogP contribution in [0, 0.1) is 0 Å². The van der Waals surface area contributed by atoms with E-state index in [-0.39, 0.29) is 0 Å². The molecule has 0 radical (unpaired) electrons. The summed E-state index contributed by atoms with van der Waals surface area (Å²) < 4.78 is 10.7. The molecule has 0 aromatic carbocycles. The maximum absolute atomic E-state index is 9.75. The second-order valence-corrected chi connectivity index (χ2v) is 5.71. The number of hydrogen-bond donors (Lipinski definition) is 2. The van der Waals surface area contributed by atoms with Gasteiger partial charge in [-0.3, -0.25) is 0 Å². The summed E-state index contributed by atoms with van der Waals surface area (Å²) in [5.74, 6) is 0. The van der Waals surface area contributed by atoms with Gasteiger partial charge in [-0.05, 0) is 24.3 Å². The van der Waals surface area contributed by atoms with E-state index in [1.165, 1.54) is 4.88 Å². The van der Waals surface area contributed by atoms with Crippen LogP contribution < -0.4 is 5.32 Å². The third-order valence-electron chi connectivity index (χ3n) is 3.20. The van der Waals surface area contributed by atoms with E-state index >= 15 is 0 Å². The van der Waals surface area contributed by atoms with E-state index in [1.54, 1.807) is 18.4 Å². The van der Waals surface area contributed by atoms with Crippen LogP contribution in [0.15, 0.2) is 17.5 Å². The van der Waals surface area contributed by atoms with Crippen molar-refractivity contribution in [1.82, 2.24) is 5.32 Å². The SMILES string of the molecule is COC1CC(NCC(O)COCc2cccs2)C1. The number of aliphatic hydroxyl groups is 1. The Hall–Kier alpha value is -0.460. The monoisotopic (exact) mass is 271 g/mol. The van der Waals surface area contributed by atoms with Gasteiger partial charge in [0.25, 0.3) is 0 Å². The summed E-state index contributed by atoms with van der Waals surface area (Å²) in [5, 5.41) is 15.1. The van der Waals surface area contributed by atoms with Gasteiger partial charge in [0, 0.05) is 24.6 Å². The lowest BCUT2D eigenvalue weighted by Crippen LogP contribution is -2.47. The van der Waals surface area contributed by atoms with Crippen molar-refractivity contribution in [2.75, 3.05) is 20.3 Å². The molecule has 4 nitrogen and oxygen atoms in total. The lowest BCUT2D eigenvalue weighted by Gasteiger charge is -2.35. The van der Waals surface area contributed by atoms with Gasteiger partial charge in [-0.15, -0.1) is 11.3 Å². The van der Waals surface area contributed by atoms with Gasteiger partial charge in [0.15, 0.2) is 0 Å². The van der Waals surface area contributed by atoms with E-state index in [0.717, 1.165) is 12.8 Å². The van der Waals surface area contributed by atoms with Crippen molar-refractivity contribution in [3.8, 4) is 0 Å². The highest BCUT2D eigenvalue weighted by Gasteiger charge is 2.28. The summed E-state index contributed by atoms with van der Waals surface area (Å²) in [6.45, 7) is 1.56. The highest BCUT2D eigenvalue weighted by molar-refractivity contribution is 7.09. The van der Waals surface area contributed by atoms with Crippen LogP contribution in [-0.2, 0) is 16.1 Å². The number of nitrogens with one attached hydrogen (secondary N) is 1. The standard InChI is InChI=1S/C13H21NO3S/c1-16-12-5-10(6-12)14-7-11(15)8-17-9-13-3-2-4-18-13/h2-4,10-12,14-15H,5-9H2,1H3. The molecule has 1 aliphatic rings. The normalized spacial score (nSPS) is 24.8. The second kappa shape index (κ2) is 7.21. The van der Waals surface area contributed by atoms with Crippen LogP contribution in [-0.4, -0.2) is 43.6 Å². The highest BCUT2D eigenvalue weighted by Crippen LogP contribution is 2.22. The van der Waals surface area contributed by atoms with Crippen LogP contribution in [0.25, 0.3) is 0 Å². The quantitative estimate of drug-likeness (QED) is 0.750. The highest BCUT2D eigenvalue weighted by atomic mass is 32.1. The van der Waals surface area contributed by atoms with Gasteiger partial charge in [0.2, 0.25) is 0 Å². The van der Waals surface area contributed by atoms with Crippen LogP contribution in [0.1, 0.15) is 17.7 Å². The van der Waals surface area contributed by atoms with E-state index in [1.807, 2.05) is 17.5 Å². The fourth-order valence-corrected chi connectivity index (χ4v) is 2.62. The summed E-state index contributed by atoms with van der Waals surface area (Å²) in [6, 6.07) is 4.53. The topological polar surface area (TPSA) is 50.7 Å². The van der Waals surface area contributed by atoms with Crippen molar-refractivity contribution in [2.45, 2.75) is 37.7 Å². The molecule has 18 heavy (non-hydrogen) atoms. The summed E-state index contributed by atoms with van der Waals surface area (Å²) >= 11 is 1.67. The number of ether oxygens (including phenoxy) is 2. The largest absolute Gasteiger partial charge is 0.389 e. The Balaban J connectivity index is 1.49. The lowest BCUT2D eigenvalue weighted by molar-refractivity contribution is 0.00238. The Morgan fingerprint density at radius 1 is 1.56 bits per heavy atom. The molecule has 2 rings (SSSR count). The van der Waals surface area contributed by atoms with Crippen molar-refractivity contribution in [2.24, 2.45) is 0 Å². The van der Waals surface area contributed by atoms with Gasteiger partial charge in [0.05, 0.1) is 25.4 Å². The molecule has 1 aromatic rings. The molecular formula is C13H21NO3S. The Morgan fingerprint density at radius 2 is 2.39 bits per heavy atom. The fourth-order valence-electron chi connectivity index (χ4n) is 1.98. The van der Waals surface area contributed by atoms with Gasteiger partial charge in [-0.1, -0.05) is 6.07 Å². The van der Waals surface area contributed by atoms with Crippen molar-refractivity contribution < 1.29 is 14.6 Å². The minimum Gasteiger partial charge on any atom is -0.389 e. The summed E-state index contributed by atoms with van der Waals surface area (Å²) in [5.41, 5.74) is 0. The summed E-state index contributed by atoms with van der Waals surface area (Å²) in [7, 11) is 1.74. The fraction of sp³-hybridized carbons (Fsp3) is 0.692. The maximum Gasteiger partial charge on any atom is 0.0897 e. The molecule has 0 spiro atoms. The zero-order valence-electron chi connectivity index (χ0n) is 10.7. The van der Waals surface area contributed by atoms with E-state index < -0.39 is 6.10 Å². The average molecular weight is 271 g/mol. The minimum absolute atomic E-state index is 0.380. The first kappa shape index (κ1) is 14.0. The van der Waals surface area contributed by atoms with Gasteiger partial charge in [0.1, 0.15) is 0 Å². The van der Waals surface area contributed by atoms with E-state index in [0.29, 0.717) is 31.9 Å². The molecule has 1 aromatic heterocycles. The molecule has 102 valence electrons. The molecule has 0 aliphatic heterocycles. The van der Waals surface area contributed by atoms with Gasteiger partial charge in [-0.25, -0.2) is 0 Å². The summed E-state index contributed by atoms with van der Waals surface area (Å²) in [6.07, 6.45) is 2.04. The van der Waals surface area contributed by atoms with Crippen molar-refractivity contribution in [3.63, 3.8) is 0 Å². The molecule has 1 unspecified atom stereocenters. The molecular weight excluding hydrogens is 250 g/mol. The summed E-state index contributed by atoms with van der Waals surface area (Å²) in [4.78, 5) is 1.19. The molecule has 0 saturated heterocycles. The van der Waals surface area contributed by atoms with Gasteiger partial charge >= 0.3 is 0 Å². The number of aliphatic hydroxyl groups excluding tert-OH is 1. The van der Waals surface area contributed by atoms with Crippen LogP contribution in [0.5, 0.6) is 0 Å². The Kier molecular flexibility index (Phi) is 5.59. The second-order valence-electron chi connectivity index (χ2n) is 4.68. The number of rotatable bonds is 8. The molecule has 1 heterocycles. The molecule has 1 saturated carbocycles. The molecule has 0 bridgehead atoms. The van der Waals surface area contributed by atoms with Crippen LogP contribution >= 0.6 is 11.3 Å². The van der Waals surface area contributed by atoms with Crippen molar-refractivity contribution in [1.29, 1.82) is 0 Å². The van der Waals surface area contributed by atoms with E-state index in [9.17, 15) is 5.11 Å². The first-order valence-corrected chi connectivity index (χ1v) is 7.20. The third kappa shape index (κ3) is 4.33. The van der Waals surface area contributed by atoms with E-state index in [4.69, 9.17) is 9.47 Å². The predicted octanol–water partition coefficient (Wildman–Crippen LogP) is 1.39. The first-order chi connectivity index (χ1) is 8.78. The van der Waals surface area contributed by atoms with E-state index in [2.05, 4.69) is 5.32 Å². The number of thiophene rings is 1. The third-order valence-corrected chi connectivity index (χ3v) is 4.05. The predicted molar refractivity (Wildman–Crippen MR) is 71.8 cm³/mol. The molecule has 2 N–H and O–H groups in total. The smallest absolute Gasteiger partial charge is 0.0897 e. The van der Waals surface area contributed by atoms with Gasteiger partial charge < -0.3 is 19.9 Å². The molecule has 1 aliphatic carbocycles. The maximum atomic E-state index is 9.75. The zero-order valence-corrected chi connectivity index (χ0v) is 11.5. The molecule has 0 amide bonds. The first-order valence-electron chi connectivity index (χ1n) is 6.32. The lowest BCUT2D eigenvalue weighted by atomic mass is 9.89. The number of methoxy groups -OCH3 is 1.